The standard InChI is InChI=1S/C51H40N2/c1-35-15-13-21-39(31-35)52(37-17-5-3-6-18-37)41-27-29-45-46-30-28-42(53(38-19-7-4-8-20-38)40-22-14-16-36(2)32-40)34-50(46)51(49(45)33-41)47-25-11-9-23-43(47)44-24-10-12-26-48(44)51/h3-21,23-34,40H,22H2,1-2H3. The van der Waals surface area contributed by atoms with Crippen molar-refractivity contribution in [3.63, 3.8) is 0 Å². The summed E-state index contributed by atoms with van der Waals surface area (Å²) in [6, 6.07) is 63.3. The van der Waals surface area contributed by atoms with E-state index in [4.69, 9.17) is 0 Å². The highest BCUT2D eigenvalue weighted by atomic mass is 15.2. The van der Waals surface area contributed by atoms with Crippen LogP contribution >= 0.6 is 0 Å². The largest absolute Gasteiger partial charge is 0.334 e. The maximum absolute atomic E-state index is 2.54. The number of nitrogens with zero attached hydrogens (tertiary/aromatic N) is 2. The fourth-order valence-electron chi connectivity index (χ4n) is 9.32. The molecule has 0 saturated carbocycles. The summed E-state index contributed by atoms with van der Waals surface area (Å²) in [4.78, 5) is 4.95. The Balaban J connectivity index is 1.25. The van der Waals surface area contributed by atoms with E-state index in [9.17, 15) is 0 Å². The highest BCUT2D eigenvalue weighted by molar-refractivity contribution is 5.97. The summed E-state index contributed by atoms with van der Waals surface area (Å²) in [6.07, 6.45) is 7.93. The van der Waals surface area contributed by atoms with Crippen LogP contribution in [0.15, 0.2) is 194 Å². The van der Waals surface area contributed by atoms with Gasteiger partial charge in [0.1, 0.15) is 0 Å². The summed E-state index contributed by atoms with van der Waals surface area (Å²) in [5.41, 5.74) is 18.5. The van der Waals surface area contributed by atoms with E-state index in [2.05, 4.69) is 212 Å². The van der Waals surface area contributed by atoms with Crippen LogP contribution in [-0.2, 0) is 5.41 Å². The fraction of sp³-hybridized carbons (Fsp3) is 0.0980. The van der Waals surface area contributed by atoms with Gasteiger partial charge in [-0.1, -0.05) is 133 Å². The normalized spacial score (nSPS) is 15.7. The first-order valence-electron chi connectivity index (χ1n) is 18.7. The monoisotopic (exact) mass is 680 g/mol. The van der Waals surface area contributed by atoms with Crippen LogP contribution in [0.2, 0.25) is 0 Å². The molecule has 3 aliphatic carbocycles. The molecule has 0 fully saturated rings. The summed E-state index contributed by atoms with van der Waals surface area (Å²) in [5, 5.41) is 0. The molecule has 0 radical (unpaired) electrons. The van der Waals surface area contributed by atoms with Gasteiger partial charge in [0.2, 0.25) is 0 Å². The van der Waals surface area contributed by atoms with E-state index in [-0.39, 0.29) is 6.04 Å². The molecule has 10 rings (SSSR count). The Morgan fingerprint density at radius 2 is 0.981 bits per heavy atom. The second kappa shape index (κ2) is 12.4. The molecule has 0 amide bonds. The average molecular weight is 681 g/mol. The first-order chi connectivity index (χ1) is 26.1. The van der Waals surface area contributed by atoms with E-state index in [0.717, 1.165) is 23.5 Å². The fourth-order valence-corrected chi connectivity index (χ4v) is 9.32. The molecular formula is C51H40N2. The van der Waals surface area contributed by atoms with Gasteiger partial charge in [0, 0.05) is 28.4 Å². The molecule has 53 heavy (non-hydrogen) atoms. The van der Waals surface area contributed by atoms with Gasteiger partial charge < -0.3 is 9.80 Å². The molecule has 7 aromatic rings. The third-order valence-corrected chi connectivity index (χ3v) is 11.4. The molecule has 0 heterocycles. The molecule has 7 aromatic carbocycles. The molecule has 2 heteroatoms. The van der Waals surface area contributed by atoms with Gasteiger partial charge in [-0.05, 0) is 131 Å². The number of rotatable bonds is 6. The first kappa shape index (κ1) is 31.4. The minimum atomic E-state index is -0.487. The van der Waals surface area contributed by atoms with Crippen molar-refractivity contribution in [2.45, 2.75) is 31.7 Å². The smallest absolute Gasteiger partial charge is 0.0727 e. The predicted octanol–water partition coefficient (Wildman–Crippen LogP) is 13.2. The molecule has 1 atom stereocenters. The lowest BCUT2D eigenvalue weighted by Crippen LogP contribution is -2.31. The quantitative estimate of drug-likeness (QED) is 0.172. The summed E-state index contributed by atoms with van der Waals surface area (Å²) in [7, 11) is 0. The van der Waals surface area contributed by atoms with Gasteiger partial charge in [-0.25, -0.2) is 0 Å². The Hall–Kier alpha value is -6.38. The second-order valence-corrected chi connectivity index (χ2v) is 14.6. The maximum Gasteiger partial charge on any atom is 0.0727 e. The van der Waals surface area contributed by atoms with Crippen LogP contribution in [0.1, 0.15) is 41.2 Å². The van der Waals surface area contributed by atoms with Gasteiger partial charge in [-0.15, -0.1) is 0 Å². The van der Waals surface area contributed by atoms with Gasteiger partial charge in [-0.2, -0.15) is 0 Å². The molecule has 0 saturated heterocycles. The topological polar surface area (TPSA) is 6.48 Å². The van der Waals surface area contributed by atoms with Gasteiger partial charge in [-0.3, -0.25) is 0 Å². The van der Waals surface area contributed by atoms with Crippen LogP contribution in [0.3, 0.4) is 0 Å². The lowest BCUT2D eigenvalue weighted by molar-refractivity contribution is 0.769. The molecule has 2 nitrogen and oxygen atoms in total. The van der Waals surface area contributed by atoms with Crippen molar-refractivity contribution in [3.05, 3.63) is 221 Å². The number of benzene rings is 7. The molecule has 1 unspecified atom stereocenters. The Bertz CT molecular complexity index is 2530. The highest BCUT2D eigenvalue weighted by Crippen LogP contribution is 2.64. The van der Waals surface area contributed by atoms with Crippen LogP contribution in [0, 0.1) is 6.92 Å². The van der Waals surface area contributed by atoms with Gasteiger partial charge >= 0.3 is 0 Å². The van der Waals surface area contributed by atoms with Crippen molar-refractivity contribution in [2.24, 2.45) is 0 Å². The van der Waals surface area contributed by atoms with Crippen molar-refractivity contribution >= 4 is 28.4 Å². The van der Waals surface area contributed by atoms with Gasteiger partial charge in [0.25, 0.3) is 0 Å². The van der Waals surface area contributed by atoms with Crippen molar-refractivity contribution in [1.29, 1.82) is 0 Å². The average Bonchev–Trinajstić information content (AvgIpc) is 3.66. The zero-order valence-electron chi connectivity index (χ0n) is 30.1. The van der Waals surface area contributed by atoms with Crippen molar-refractivity contribution in [1.82, 2.24) is 0 Å². The van der Waals surface area contributed by atoms with E-state index in [1.54, 1.807) is 0 Å². The van der Waals surface area contributed by atoms with E-state index in [0.29, 0.717) is 0 Å². The van der Waals surface area contributed by atoms with Gasteiger partial charge in [0.15, 0.2) is 0 Å². The highest BCUT2D eigenvalue weighted by Gasteiger charge is 2.52. The van der Waals surface area contributed by atoms with Crippen molar-refractivity contribution in [2.75, 3.05) is 9.80 Å². The summed E-state index contributed by atoms with van der Waals surface area (Å²) in [5.74, 6) is 0. The summed E-state index contributed by atoms with van der Waals surface area (Å²) in [6.45, 7) is 4.38. The maximum atomic E-state index is 2.54. The first-order valence-corrected chi connectivity index (χ1v) is 18.7. The Kier molecular flexibility index (Phi) is 7.33. The molecule has 0 aromatic heterocycles. The molecule has 1 spiro atoms. The SMILES string of the molecule is CC1=CC(N(c2ccccc2)c2ccc3c(c2)C2(c4ccccc4-c4ccccc42)c2cc(N(c4ccccc4)c4cccc(C)c4)ccc2-3)CC=C1. The van der Waals surface area contributed by atoms with Crippen molar-refractivity contribution < 1.29 is 0 Å². The zero-order valence-corrected chi connectivity index (χ0v) is 30.1. The lowest BCUT2D eigenvalue weighted by atomic mass is 9.70. The molecule has 3 aliphatic rings. The van der Waals surface area contributed by atoms with Crippen LogP contribution < -0.4 is 9.80 Å². The molecule has 254 valence electrons. The van der Waals surface area contributed by atoms with Gasteiger partial charge in [0.05, 0.1) is 11.5 Å². The number of hydrogen-bond donors (Lipinski definition) is 0. The predicted molar refractivity (Wildman–Crippen MR) is 222 cm³/mol. The van der Waals surface area contributed by atoms with E-state index < -0.39 is 5.41 Å². The van der Waals surface area contributed by atoms with Crippen LogP contribution in [-0.4, -0.2) is 6.04 Å². The van der Waals surface area contributed by atoms with Crippen LogP contribution in [0.4, 0.5) is 28.4 Å². The third-order valence-electron chi connectivity index (χ3n) is 11.4. The van der Waals surface area contributed by atoms with Crippen molar-refractivity contribution in [3.8, 4) is 22.3 Å². The van der Waals surface area contributed by atoms with E-state index in [1.807, 2.05) is 0 Å². The minimum Gasteiger partial charge on any atom is -0.334 e. The van der Waals surface area contributed by atoms with E-state index >= 15 is 0 Å². The molecule has 0 bridgehead atoms. The number of allylic oxidation sites excluding steroid dienone is 2. The minimum absolute atomic E-state index is 0.212. The number of para-hydroxylation sites is 2. The summed E-state index contributed by atoms with van der Waals surface area (Å²) < 4.78 is 0. The lowest BCUT2D eigenvalue weighted by Gasteiger charge is -2.35. The number of anilines is 5. The number of hydrogen-bond acceptors (Lipinski definition) is 2. The number of aryl methyl sites for hydroxylation is 1. The van der Waals surface area contributed by atoms with E-state index in [1.165, 1.54) is 67.0 Å². The third kappa shape index (κ3) is 4.86. The Morgan fingerprint density at radius 3 is 1.62 bits per heavy atom. The zero-order chi connectivity index (χ0) is 35.5. The Labute approximate surface area is 312 Å². The molecule has 0 N–H and O–H groups in total. The molecule has 0 aliphatic heterocycles. The molecular weight excluding hydrogens is 641 g/mol. The Morgan fingerprint density at radius 1 is 0.453 bits per heavy atom. The second-order valence-electron chi connectivity index (χ2n) is 14.6. The summed E-state index contributed by atoms with van der Waals surface area (Å²) >= 11 is 0. The number of fused-ring (bicyclic) bond motifs is 10. The van der Waals surface area contributed by atoms with Crippen LogP contribution in [0.5, 0.6) is 0 Å². The van der Waals surface area contributed by atoms with Crippen LogP contribution in [0.25, 0.3) is 22.3 Å².